The molecule has 5 nitrogen and oxygen atoms in total. The van der Waals surface area contributed by atoms with Crippen LogP contribution in [0, 0.1) is 0 Å². The molecule has 0 bridgehead atoms. The highest BCUT2D eigenvalue weighted by Gasteiger charge is 2.18. The van der Waals surface area contributed by atoms with Gasteiger partial charge in [-0.3, -0.25) is 0 Å². The quantitative estimate of drug-likeness (QED) is 0.542. The Morgan fingerprint density at radius 1 is 0.821 bits per heavy atom. The largest absolute Gasteiger partial charge is 0.494 e. The van der Waals surface area contributed by atoms with Gasteiger partial charge in [0.15, 0.2) is 0 Å². The number of ether oxygens (including phenoxy) is 3. The zero-order valence-corrected chi connectivity index (χ0v) is 17.1. The van der Waals surface area contributed by atoms with Gasteiger partial charge in [-0.15, -0.1) is 0 Å². The van der Waals surface area contributed by atoms with E-state index in [0.717, 1.165) is 74.0 Å². The summed E-state index contributed by atoms with van der Waals surface area (Å²) >= 11 is 0. The molecule has 5 heteroatoms. The van der Waals surface area contributed by atoms with E-state index in [2.05, 4.69) is 42.7 Å². The second-order valence-electron chi connectivity index (χ2n) is 6.88. The predicted octanol–water partition coefficient (Wildman–Crippen LogP) is 4.00. The normalized spacial score (nSPS) is 12.1. The SMILES string of the molecule is CCNCCCOc1ccc2c(c1)COc1cc(OCCCNCC)ccc1-2. The first-order valence-corrected chi connectivity index (χ1v) is 10.4. The Kier molecular flexibility index (Phi) is 8.00. The van der Waals surface area contributed by atoms with Gasteiger partial charge in [0.2, 0.25) is 0 Å². The van der Waals surface area contributed by atoms with Crippen LogP contribution in [0.3, 0.4) is 0 Å². The van der Waals surface area contributed by atoms with E-state index < -0.39 is 0 Å². The van der Waals surface area contributed by atoms with Gasteiger partial charge in [0.1, 0.15) is 23.9 Å². The molecule has 0 radical (unpaired) electrons. The average molecular weight is 385 g/mol. The molecule has 3 rings (SSSR count). The smallest absolute Gasteiger partial charge is 0.131 e. The molecule has 0 saturated carbocycles. The Morgan fingerprint density at radius 3 is 2.07 bits per heavy atom. The first-order valence-electron chi connectivity index (χ1n) is 10.4. The van der Waals surface area contributed by atoms with E-state index in [0.29, 0.717) is 13.2 Å². The second kappa shape index (κ2) is 10.9. The van der Waals surface area contributed by atoms with E-state index in [9.17, 15) is 0 Å². The Morgan fingerprint density at radius 2 is 1.43 bits per heavy atom. The molecule has 0 fully saturated rings. The van der Waals surface area contributed by atoms with Gasteiger partial charge in [-0.25, -0.2) is 0 Å². The molecule has 0 spiro atoms. The third-order valence-electron chi connectivity index (χ3n) is 4.74. The molecule has 2 aromatic rings. The van der Waals surface area contributed by atoms with Crippen molar-refractivity contribution in [2.75, 3.05) is 39.4 Å². The number of hydrogen-bond donors (Lipinski definition) is 2. The Balaban J connectivity index is 1.58. The molecule has 0 atom stereocenters. The average Bonchev–Trinajstić information content (AvgIpc) is 2.73. The van der Waals surface area contributed by atoms with Crippen LogP contribution in [-0.2, 0) is 6.61 Å². The highest BCUT2D eigenvalue weighted by molar-refractivity contribution is 5.76. The summed E-state index contributed by atoms with van der Waals surface area (Å²) in [6, 6.07) is 12.4. The number of benzene rings is 2. The fourth-order valence-corrected chi connectivity index (χ4v) is 3.26. The maximum absolute atomic E-state index is 5.99. The van der Waals surface area contributed by atoms with Crippen molar-refractivity contribution in [2.24, 2.45) is 0 Å². The predicted molar refractivity (Wildman–Crippen MR) is 114 cm³/mol. The summed E-state index contributed by atoms with van der Waals surface area (Å²) < 4.78 is 17.7. The molecule has 1 aliphatic rings. The van der Waals surface area contributed by atoms with Gasteiger partial charge in [-0.2, -0.15) is 0 Å². The highest BCUT2D eigenvalue weighted by Crippen LogP contribution is 2.40. The van der Waals surface area contributed by atoms with E-state index in [1.54, 1.807) is 0 Å². The summed E-state index contributed by atoms with van der Waals surface area (Å²) in [4.78, 5) is 0. The van der Waals surface area contributed by atoms with Gasteiger partial charge >= 0.3 is 0 Å². The molecule has 2 aromatic carbocycles. The van der Waals surface area contributed by atoms with Crippen LogP contribution in [0.15, 0.2) is 36.4 Å². The van der Waals surface area contributed by atoms with Crippen molar-refractivity contribution < 1.29 is 14.2 Å². The van der Waals surface area contributed by atoms with Crippen LogP contribution in [0.5, 0.6) is 17.2 Å². The number of rotatable bonds is 12. The minimum atomic E-state index is 0.556. The van der Waals surface area contributed by atoms with E-state index in [1.807, 2.05) is 18.2 Å². The van der Waals surface area contributed by atoms with Crippen molar-refractivity contribution in [3.05, 3.63) is 42.0 Å². The Hall–Kier alpha value is -2.24. The first-order chi connectivity index (χ1) is 13.8. The maximum Gasteiger partial charge on any atom is 0.131 e. The number of fused-ring (bicyclic) bond motifs is 3. The van der Waals surface area contributed by atoms with Crippen molar-refractivity contribution in [3.8, 4) is 28.4 Å². The molecule has 1 heterocycles. The van der Waals surface area contributed by atoms with Crippen LogP contribution in [0.2, 0.25) is 0 Å². The molecular formula is C23H32N2O3. The minimum absolute atomic E-state index is 0.556. The van der Waals surface area contributed by atoms with E-state index in [4.69, 9.17) is 14.2 Å². The summed E-state index contributed by atoms with van der Waals surface area (Å²) in [6.45, 7) is 10.2. The molecule has 1 aliphatic heterocycles. The van der Waals surface area contributed by atoms with Gasteiger partial charge in [0.05, 0.1) is 13.2 Å². The lowest BCUT2D eigenvalue weighted by Gasteiger charge is -2.22. The molecule has 2 N–H and O–H groups in total. The fourth-order valence-electron chi connectivity index (χ4n) is 3.26. The Labute approximate surface area is 168 Å². The molecule has 0 saturated heterocycles. The van der Waals surface area contributed by atoms with Gasteiger partial charge < -0.3 is 24.8 Å². The lowest BCUT2D eigenvalue weighted by atomic mass is 9.96. The monoisotopic (exact) mass is 384 g/mol. The number of hydrogen-bond acceptors (Lipinski definition) is 5. The standard InChI is InChI=1S/C23H32N2O3/c1-3-24-11-5-13-26-19-7-9-21-18(15-19)17-28-23-16-20(8-10-22(21)23)27-14-6-12-25-4-2/h7-10,15-16,24-25H,3-6,11-14,17H2,1-2H3. The summed E-state index contributed by atoms with van der Waals surface area (Å²) in [5.41, 5.74) is 3.48. The molecular weight excluding hydrogens is 352 g/mol. The molecule has 0 aromatic heterocycles. The summed E-state index contributed by atoms with van der Waals surface area (Å²) in [5.74, 6) is 2.65. The third kappa shape index (κ3) is 5.63. The zero-order valence-electron chi connectivity index (χ0n) is 17.1. The molecule has 0 amide bonds. The summed E-state index contributed by atoms with van der Waals surface area (Å²) in [5, 5.41) is 6.61. The van der Waals surface area contributed by atoms with Crippen LogP contribution < -0.4 is 24.8 Å². The minimum Gasteiger partial charge on any atom is -0.494 e. The lowest BCUT2D eigenvalue weighted by molar-refractivity contribution is 0.286. The van der Waals surface area contributed by atoms with Gasteiger partial charge in [-0.05, 0) is 68.8 Å². The van der Waals surface area contributed by atoms with Crippen molar-refractivity contribution >= 4 is 0 Å². The summed E-state index contributed by atoms with van der Waals surface area (Å²) in [6.07, 6.45) is 1.99. The van der Waals surface area contributed by atoms with Crippen LogP contribution >= 0.6 is 0 Å². The maximum atomic E-state index is 5.99. The molecule has 0 aliphatic carbocycles. The zero-order chi connectivity index (χ0) is 19.6. The molecule has 28 heavy (non-hydrogen) atoms. The van der Waals surface area contributed by atoms with Crippen LogP contribution in [-0.4, -0.2) is 39.4 Å². The Bertz CT molecular complexity index is 685. The van der Waals surface area contributed by atoms with Crippen molar-refractivity contribution in [2.45, 2.75) is 33.3 Å². The fraction of sp³-hybridized carbons (Fsp3) is 0.478. The lowest BCUT2D eigenvalue weighted by Crippen LogP contribution is -2.16. The highest BCUT2D eigenvalue weighted by atomic mass is 16.5. The van der Waals surface area contributed by atoms with Crippen LogP contribution in [0.4, 0.5) is 0 Å². The van der Waals surface area contributed by atoms with Crippen molar-refractivity contribution in [3.63, 3.8) is 0 Å². The summed E-state index contributed by atoms with van der Waals surface area (Å²) in [7, 11) is 0. The molecule has 0 unspecified atom stereocenters. The molecule has 152 valence electrons. The van der Waals surface area contributed by atoms with Gasteiger partial charge in [0.25, 0.3) is 0 Å². The van der Waals surface area contributed by atoms with Gasteiger partial charge in [0, 0.05) is 17.2 Å². The number of nitrogens with one attached hydrogen (secondary N) is 2. The van der Waals surface area contributed by atoms with Crippen LogP contribution in [0.25, 0.3) is 11.1 Å². The first kappa shape index (κ1) is 20.5. The van der Waals surface area contributed by atoms with Crippen LogP contribution in [0.1, 0.15) is 32.3 Å². The van der Waals surface area contributed by atoms with E-state index in [1.165, 1.54) is 5.56 Å². The van der Waals surface area contributed by atoms with Crippen molar-refractivity contribution in [1.29, 1.82) is 0 Å². The third-order valence-corrected chi connectivity index (χ3v) is 4.74. The van der Waals surface area contributed by atoms with Crippen molar-refractivity contribution in [1.82, 2.24) is 10.6 Å². The topological polar surface area (TPSA) is 51.8 Å². The van der Waals surface area contributed by atoms with E-state index >= 15 is 0 Å². The van der Waals surface area contributed by atoms with Gasteiger partial charge in [-0.1, -0.05) is 19.9 Å². The second-order valence-corrected chi connectivity index (χ2v) is 6.88. The van der Waals surface area contributed by atoms with E-state index in [-0.39, 0.29) is 0 Å².